The van der Waals surface area contributed by atoms with Crippen molar-refractivity contribution in [1.82, 2.24) is 14.7 Å². The molecule has 1 aliphatic heterocycles. The van der Waals surface area contributed by atoms with Gasteiger partial charge in [-0.3, -0.25) is 9.69 Å². The third-order valence-corrected chi connectivity index (χ3v) is 6.24. The summed E-state index contributed by atoms with van der Waals surface area (Å²) in [6.07, 6.45) is 1.71. The van der Waals surface area contributed by atoms with Crippen molar-refractivity contribution in [2.24, 2.45) is 0 Å². The topological polar surface area (TPSA) is 41.4 Å². The molecule has 0 spiro atoms. The Kier molecular flexibility index (Phi) is 5.45. The Morgan fingerprint density at radius 2 is 1.55 bits per heavy atom. The maximum atomic E-state index is 12.8. The first-order chi connectivity index (χ1) is 15.2. The van der Waals surface area contributed by atoms with Crippen LogP contribution in [-0.2, 0) is 6.54 Å². The number of nitrogens with zero attached hydrogens (tertiary/aromatic N) is 4. The van der Waals surface area contributed by atoms with Crippen molar-refractivity contribution in [3.05, 3.63) is 99.9 Å². The molecule has 3 aromatic carbocycles. The smallest absolute Gasteiger partial charge is 0.292 e. The van der Waals surface area contributed by atoms with Crippen LogP contribution in [0.15, 0.2) is 83.8 Å². The summed E-state index contributed by atoms with van der Waals surface area (Å²) in [6.45, 7) is 4.33. The molecule has 31 heavy (non-hydrogen) atoms. The summed E-state index contributed by atoms with van der Waals surface area (Å²) < 4.78 is 1.35. The highest BCUT2D eigenvalue weighted by Gasteiger charge is 2.22. The van der Waals surface area contributed by atoms with Gasteiger partial charge < -0.3 is 4.90 Å². The van der Waals surface area contributed by atoms with Crippen molar-refractivity contribution < 1.29 is 0 Å². The summed E-state index contributed by atoms with van der Waals surface area (Å²) >= 11 is 6.48. The van der Waals surface area contributed by atoms with E-state index >= 15 is 0 Å². The van der Waals surface area contributed by atoms with Crippen molar-refractivity contribution in [2.75, 3.05) is 31.1 Å². The lowest BCUT2D eigenvalue weighted by Crippen LogP contribution is -2.46. The zero-order valence-electron chi connectivity index (χ0n) is 17.1. The van der Waals surface area contributed by atoms with E-state index in [1.54, 1.807) is 6.20 Å². The second-order valence-corrected chi connectivity index (χ2v) is 8.18. The van der Waals surface area contributed by atoms with Crippen molar-refractivity contribution in [2.45, 2.75) is 6.54 Å². The first kappa shape index (κ1) is 19.8. The monoisotopic (exact) mass is 430 g/mol. The zero-order chi connectivity index (χ0) is 21.2. The lowest BCUT2D eigenvalue weighted by atomic mass is 10.0. The molecule has 0 saturated carbocycles. The Labute approximate surface area is 186 Å². The van der Waals surface area contributed by atoms with Gasteiger partial charge in [0.2, 0.25) is 0 Å². The Bertz CT molecular complexity index is 1260. The number of anilines is 1. The summed E-state index contributed by atoms with van der Waals surface area (Å²) in [4.78, 5) is 17.4. The van der Waals surface area contributed by atoms with Gasteiger partial charge in [0, 0.05) is 32.7 Å². The van der Waals surface area contributed by atoms with Crippen LogP contribution in [-0.4, -0.2) is 40.9 Å². The van der Waals surface area contributed by atoms with Crippen molar-refractivity contribution in [3.8, 4) is 5.69 Å². The molecule has 0 bridgehead atoms. The fraction of sp³-hybridized carbons (Fsp3) is 0.200. The van der Waals surface area contributed by atoms with Gasteiger partial charge in [-0.2, -0.15) is 9.78 Å². The van der Waals surface area contributed by atoms with E-state index in [4.69, 9.17) is 11.6 Å². The number of benzene rings is 3. The van der Waals surface area contributed by atoms with Crippen LogP contribution in [0.5, 0.6) is 0 Å². The normalized spacial score (nSPS) is 14.8. The van der Waals surface area contributed by atoms with E-state index in [0.29, 0.717) is 11.4 Å². The van der Waals surface area contributed by atoms with Gasteiger partial charge in [0.05, 0.1) is 17.6 Å². The van der Waals surface area contributed by atoms with E-state index in [1.165, 1.54) is 21.0 Å². The molecule has 5 nitrogen and oxygen atoms in total. The van der Waals surface area contributed by atoms with E-state index in [1.807, 2.05) is 30.3 Å². The summed E-state index contributed by atoms with van der Waals surface area (Å²) in [6, 6.07) is 24.3. The molecule has 6 heteroatoms. The summed E-state index contributed by atoms with van der Waals surface area (Å²) in [5.41, 5.74) is 2.48. The lowest BCUT2D eigenvalue weighted by Gasteiger charge is -2.36. The van der Waals surface area contributed by atoms with Crippen LogP contribution in [0.4, 0.5) is 5.69 Å². The minimum atomic E-state index is -0.288. The highest BCUT2D eigenvalue weighted by molar-refractivity contribution is 6.33. The van der Waals surface area contributed by atoms with Crippen LogP contribution in [0, 0.1) is 0 Å². The average molecular weight is 431 g/mol. The van der Waals surface area contributed by atoms with Gasteiger partial charge in [-0.15, -0.1) is 0 Å². The average Bonchev–Trinajstić information content (AvgIpc) is 2.82. The predicted molar refractivity (Wildman–Crippen MR) is 126 cm³/mol. The second kappa shape index (κ2) is 8.53. The maximum absolute atomic E-state index is 12.8. The standard InChI is InChI=1S/C25H23ClN4O/c26-24-23(17-27-30(25(24)31)21-10-2-1-3-11-21)29-15-13-28(14-16-29)18-20-9-6-8-19-7-4-5-12-22(19)20/h1-12,17H,13-16,18H2. The minimum absolute atomic E-state index is 0.223. The van der Waals surface area contributed by atoms with Gasteiger partial charge >= 0.3 is 0 Å². The molecule has 1 aromatic heterocycles. The number of piperazine rings is 1. The van der Waals surface area contributed by atoms with Gasteiger partial charge in [0.1, 0.15) is 5.02 Å². The van der Waals surface area contributed by atoms with Gasteiger partial charge in [0.25, 0.3) is 5.56 Å². The Balaban J connectivity index is 1.30. The molecule has 0 radical (unpaired) electrons. The molecule has 1 fully saturated rings. The molecule has 0 aliphatic carbocycles. The fourth-order valence-corrected chi connectivity index (χ4v) is 4.46. The largest absolute Gasteiger partial charge is 0.366 e. The Morgan fingerprint density at radius 3 is 2.35 bits per heavy atom. The Morgan fingerprint density at radius 1 is 0.839 bits per heavy atom. The molecule has 0 amide bonds. The van der Waals surface area contributed by atoms with E-state index in [2.05, 4.69) is 57.4 Å². The van der Waals surface area contributed by atoms with Crippen molar-refractivity contribution in [1.29, 1.82) is 0 Å². The SMILES string of the molecule is O=c1c(Cl)c(N2CCN(Cc3cccc4ccccc34)CC2)cnn1-c1ccccc1. The van der Waals surface area contributed by atoms with E-state index in [9.17, 15) is 4.79 Å². The highest BCUT2D eigenvalue weighted by Crippen LogP contribution is 2.25. The first-order valence-corrected chi connectivity index (χ1v) is 10.9. The van der Waals surface area contributed by atoms with Crippen LogP contribution in [0.25, 0.3) is 16.5 Å². The first-order valence-electron chi connectivity index (χ1n) is 10.5. The van der Waals surface area contributed by atoms with E-state index < -0.39 is 0 Å². The van der Waals surface area contributed by atoms with Crippen LogP contribution in [0.3, 0.4) is 0 Å². The quantitative estimate of drug-likeness (QED) is 0.482. The van der Waals surface area contributed by atoms with Crippen LogP contribution >= 0.6 is 11.6 Å². The second-order valence-electron chi connectivity index (χ2n) is 7.80. The number of rotatable bonds is 4. The molecule has 5 rings (SSSR count). The van der Waals surface area contributed by atoms with Crippen LogP contribution in [0.1, 0.15) is 5.56 Å². The molecule has 1 saturated heterocycles. The minimum Gasteiger partial charge on any atom is -0.366 e. The maximum Gasteiger partial charge on any atom is 0.292 e. The zero-order valence-corrected chi connectivity index (χ0v) is 17.9. The van der Waals surface area contributed by atoms with Crippen LogP contribution in [0.2, 0.25) is 5.02 Å². The number of hydrogen-bond acceptors (Lipinski definition) is 4. The number of hydrogen-bond donors (Lipinski definition) is 0. The molecular weight excluding hydrogens is 408 g/mol. The fourth-order valence-electron chi connectivity index (χ4n) is 4.22. The predicted octanol–water partition coefficient (Wildman–Crippen LogP) is 4.36. The third-order valence-electron chi connectivity index (χ3n) is 5.89. The highest BCUT2D eigenvalue weighted by atomic mass is 35.5. The molecule has 2 heterocycles. The lowest BCUT2D eigenvalue weighted by molar-refractivity contribution is 0.250. The van der Waals surface area contributed by atoms with Crippen molar-refractivity contribution >= 4 is 28.1 Å². The Hall–Kier alpha value is -3.15. The van der Waals surface area contributed by atoms with Gasteiger partial charge in [-0.05, 0) is 28.5 Å². The van der Waals surface area contributed by atoms with Crippen LogP contribution < -0.4 is 10.5 Å². The molecular formula is C25H23ClN4O. The summed E-state index contributed by atoms with van der Waals surface area (Å²) in [5.74, 6) is 0. The molecule has 156 valence electrons. The number of fused-ring (bicyclic) bond motifs is 1. The number of para-hydroxylation sites is 1. The van der Waals surface area contributed by atoms with E-state index in [0.717, 1.165) is 32.7 Å². The summed E-state index contributed by atoms with van der Waals surface area (Å²) in [5, 5.41) is 7.18. The molecule has 0 atom stereocenters. The van der Waals surface area contributed by atoms with Gasteiger partial charge in [-0.25, -0.2) is 0 Å². The van der Waals surface area contributed by atoms with Crippen molar-refractivity contribution in [3.63, 3.8) is 0 Å². The molecule has 0 unspecified atom stereocenters. The van der Waals surface area contributed by atoms with Gasteiger partial charge in [0.15, 0.2) is 0 Å². The van der Waals surface area contributed by atoms with E-state index in [-0.39, 0.29) is 10.6 Å². The molecule has 4 aromatic rings. The molecule has 0 N–H and O–H groups in total. The summed E-state index contributed by atoms with van der Waals surface area (Å²) in [7, 11) is 0. The van der Waals surface area contributed by atoms with Gasteiger partial charge in [-0.1, -0.05) is 72.3 Å². The third kappa shape index (κ3) is 3.94. The number of halogens is 1. The number of aromatic nitrogens is 2. The molecule has 1 aliphatic rings.